The molecule has 19 heavy (non-hydrogen) atoms. The van der Waals surface area contributed by atoms with Gasteiger partial charge in [-0.05, 0) is 18.6 Å². The second-order valence-electron chi connectivity index (χ2n) is 3.90. The van der Waals surface area contributed by atoms with Gasteiger partial charge in [0.1, 0.15) is 11.6 Å². The van der Waals surface area contributed by atoms with E-state index in [1.165, 1.54) is 0 Å². The molecule has 1 N–H and O–H groups in total. The van der Waals surface area contributed by atoms with Crippen LogP contribution in [0.25, 0.3) is 0 Å². The van der Waals surface area contributed by atoms with Crippen LogP contribution in [0, 0.1) is 6.92 Å². The third-order valence-corrected chi connectivity index (χ3v) is 2.51. The van der Waals surface area contributed by atoms with Crippen molar-refractivity contribution in [3.8, 4) is 11.8 Å². The van der Waals surface area contributed by atoms with E-state index in [9.17, 15) is 0 Å². The summed E-state index contributed by atoms with van der Waals surface area (Å²) in [6.45, 7) is 2.45. The Morgan fingerprint density at radius 2 is 1.89 bits per heavy atom. The summed E-state index contributed by atoms with van der Waals surface area (Å²) in [6, 6.07) is 5.55. The minimum absolute atomic E-state index is 0.544. The number of aromatic nitrogens is 3. The maximum absolute atomic E-state index is 5.10. The van der Waals surface area contributed by atoms with Gasteiger partial charge < -0.3 is 14.8 Å². The molecule has 2 aromatic rings. The van der Waals surface area contributed by atoms with Crippen LogP contribution in [-0.4, -0.2) is 29.2 Å². The number of aryl methyl sites for hydroxylation is 1. The van der Waals surface area contributed by atoms with Gasteiger partial charge in [0.05, 0.1) is 14.2 Å². The number of pyridine rings is 1. The van der Waals surface area contributed by atoms with Crippen molar-refractivity contribution in [3.63, 3.8) is 0 Å². The lowest BCUT2D eigenvalue weighted by atomic mass is 10.2. The van der Waals surface area contributed by atoms with E-state index in [2.05, 4.69) is 20.3 Å². The van der Waals surface area contributed by atoms with E-state index in [1.54, 1.807) is 26.5 Å². The zero-order chi connectivity index (χ0) is 13.7. The van der Waals surface area contributed by atoms with E-state index in [-0.39, 0.29) is 0 Å². The summed E-state index contributed by atoms with van der Waals surface area (Å²) in [5, 5.41) is 3.21. The van der Waals surface area contributed by atoms with Crippen LogP contribution in [0.4, 0.5) is 5.82 Å². The molecule has 2 aromatic heterocycles. The van der Waals surface area contributed by atoms with Gasteiger partial charge in [-0.15, -0.1) is 0 Å². The first-order valence-electron chi connectivity index (χ1n) is 5.83. The first-order valence-corrected chi connectivity index (χ1v) is 5.83. The van der Waals surface area contributed by atoms with Crippen molar-refractivity contribution in [1.29, 1.82) is 0 Å². The Morgan fingerprint density at radius 1 is 1.11 bits per heavy atom. The van der Waals surface area contributed by atoms with Crippen LogP contribution < -0.4 is 14.8 Å². The molecular formula is C13H16N4O2. The molecule has 6 nitrogen and oxygen atoms in total. The number of rotatable bonds is 5. The molecule has 2 heterocycles. The summed E-state index contributed by atoms with van der Waals surface area (Å²) in [7, 11) is 3.18. The fourth-order valence-electron chi connectivity index (χ4n) is 1.60. The Labute approximate surface area is 111 Å². The highest BCUT2D eigenvalue weighted by Crippen LogP contribution is 2.15. The highest BCUT2D eigenvalue weighted by atomic mass is 16.5. The lowest BCUT2D eigenvalue weighted by molar-refractivity contribution is 0.395. The quantitative estimate of drug-likeness (QED) is 0.884. The van der Waals surface area contributed by atoms with Gasteiger partial charge in [-0.1, -0.05) is 0 Å². The van der Waals surface area contributed by atoms with Gasteiger partial charge in [0.25, 0.3) is 0 Å². The van der Waals surface area contributed by atoms with Crippen LogP contribution >= 0.6 is 0 Å². The highest BCUT2D eigenvalue weighted by molar-refractivity contribution is 5.39. The number of nitrogens with one attached hydrogen (secondary N) is 1. The van der Waals surface area contributed by atoms with E-state index < -0.39 is 0 Å². The van der Waals surface area contributed by atoms with Gasteiger partial charge in [-0.2, -0.15) is 4.98 Å². The Kier molecular flexibility index (Phi) is 4.12. The second-order valence-corrected chi connectivity index (χ2v) is 3.90. The second kappa shape index (κ2) is 5.99. The molecule has 0 unspecified atom stereocenters. The average molecular weight is 260 g/mol. The molecule has 0 aromatic carbocycles. The Bertz CT molecular complexity index is 560. The van der Waals surface area contributed by atoms with E-state index in [1.807, 2.05) is 19.1 Å². The number of hydrogen-bond donors (Lipinski definition) is 1. The summed E-state index contributed by atoms with van der Waals surface area (Å²) >= 11 is 0. The number of ether oxygens (including phenoxy) is 2. The van der Waals surface area contributed by atoms with E-state index >= 15 is 0 Å². The largest absolute Gasteiger partial charge is 0.481 e. The molecule has 0 aliphatic rings. The van der Waals surface area contributed by atoms with E-state index in [0.717, 1.165) is 11.4 Å². The Hall–Kier alpha value is -2.37. The van der Waals surface area contributed by atoms with Crippen LogP contribution in [0.1, 0.15) is 11.4 Å². The fourth-order valence-corrected chi connectivity index (χ4v) is 1.60. The topological polar surface area (TPSA) is 69.2 Å². The number of hydrogen-bond acceptors (Lipinski definition) is 6. The number of nitrogens with zero attached hydrogens (tertiary/aromatic N) is 3. The van der Waals surface area contributed by atoms with Crippen molar-refractivity contribution in [2.75, 3.05) is 19.5 Å². The predicted octanol–water partition coefficient (Wildman–Crippen LogP) is 1.81. The normalized spacial score (nSPS) is 10.1. The lowest BCUT2D eigenvalue weighted by Gasteiger charge is -2.08. The van der Waals surface area contributed by atoms with Crippen LogP contribution in [0.5, 0.6) is 11.8 Å². The summed E-state index contributed by atoms with van der Waals surface area (Å²) in [6.07, 6.45) is 1.71. The molecule has 0 saturated carbocycles. The monoisotopic (exact) mass is 260 g/mol. The summed E-state index contributed by atoms with van der Waals surface area (Å²) in [5.41, 5.74) is 1.06. The zero-order valence-electron chi connectivity index (χ0n) is 11.2. The van der Waals surface area contributed by atoms with Crippen LogP contribution in [0.3, 0.4) is 0 Å². The van der Waals surface area contributed by atoms with Crippen molar-refractivity contribution >= 4 is 5.82 Å². The van der Waals surface area contributed by atoms with Gasteiger partial charge in [0.2, 0.25) is 11.8 Å². The standard InChI is InChI=1S/C13H16N4O2/c1-9-16-11(7-13(17-9)19-3)15-8-10-4-5-14-12(6-10)18-2/h4-7H,8H2,1-3H3,(H,15,16,17). The SMILES string of the molecule is COc1cc(CNc2cc(OC)nc(C)n2)ccn1. The molecule has 0 aliphatic heterocycles. The van der Waals surface area contributed by atoms with Crippen molar-refractivity contribution < 1.29 is 9.47 Å². The maximum Gasteiger partial charge on any atom is 0.218 e. The zero-order valence-corrected chi connectivity index (χ0v) is 11.2. The molecule has 100 valence electrons. The lowest BCUT2D eigenvalue weighted by Crippen LogP contribution is -2.04. The number of anilines is 1. The summed E-state index contributed by atoms with van der Waals surface area (Å²) in [5.74, 6) is 2.52. The van der Waals surface area contributed by atoms with Gasteiger partial charge in [-0.3, -0.25) is 0 Å². The first kappa shape index (κ1) is 13.1. The summed E-state index contributed by atoms with van der Waals surface area (Å²) < 4.78 is 10.2. The Balaban J connectivity index is 2.07. The summed E-state index contributed by atoms with van der Waals surface area (Å²) in [4.78, 5) is 12.5. The van der Waals surface area contributed by atoms with E-state index in [0.29, 0.717) is 24.1 Å². The molecule has 0 amide bonds. The van der Waals surface area contributed by atoms with Crippen molar-refractivity contribution in [2.24, 2.45) is 0 Å². The van der Waals surface area contributed by atoms with Crippen LogP contribution in [0.15, 0.2) is 24.4 Å². The average Bonchev–Trinajstić information content (AvgIpc) is 2.44. The molecule has 6 heteroatoms. The Morgan fingerprint density at radius 3 is 2.63 bits per heavy atom. The minimum atomic E-state index is 0.544. The molecule has 0 radical (unpaired) electrons. The third kappa shape index (κ3) is 3.54. The van der Waals surface area contributed by atoms with Crippen LogP contribution in [0.2, 0.25) is 0 Å². The molecular weight excluding hydrogens is 244 g/mol. The molecule has 0 bridgehead atoms. The molecule has 0 aliphatic carbocycles. The minimum Gasteiger partial charge on any atom is -0.481 e. The van der Waals surface area contributed by atoms with E-state index in [4.69, 9.17) is 9.47 Å². The highest BCUT2D eigenvalue weighted by Gasteiger charge is 2.02. The number of methoxy groups -OCH3 is 2. The predicted molar refractivity (Wildman–Crippen MR) is 71.4 cm³/mol. The van der Waals surface area contributed by atoms with Gasteiger partial charge in [-0.25, -0.2) is 9.97 Å². The molecule has 0 saturated heterocycles. The third-order valence-electron chi connectivity index (χ3n) is 2.51. The molecule has 0 atom stereocenters. The molecule has 0 fully saturated rings. The first-order chi connectivity index (χ1) is 9.21. The van der Waals surface area contributed by atoms with Crippen molar-refractivity contribution in [1.82, 2.24) is 15.0 Å². The van der Waals surface area contributed by atoms with Crippen molar-refractivity contribution in [3.05, 3.63) is 35.8 Å². The van der Waals surface area contributed by atoms with Gasteiger partial charge >= 0.3 is 0 Å². The maximum atomic E-state index is 5.10. The van der Waals surface area contributed by atoms with Crippen LogP contribution in [-0.2, 0) is 6.54 Å². The smallest absolute Gasteiger partial charge is 0.218 e. The van der Waals surface area contributed by atoms with Gasteiger partial charge in [0, 0.05) is 24.9 Å². The van der Waals surface area contributed by atoms with Crippen molar-refractivity contribution in [2.45, 2.75) is 13.5 Å². The molecule has 2 rings (SSSR count). The van der Waals surface area contributed by atoms with Gasteiger partial charge in [0.15, 0.2) is 0 Å². The fraction of sp³-hybridized carbons (Fsp3) is 0.308. The molecule has 0 spiro atoms.